The van der Waals surface area contributed by atoms with Crippen molar-refractivity contribution in [3.63, 3.8) is 0 Å². The summed E-state index contributed by atoms with van der Waals surface area (Å²) in [4.78, 5) is 0. The molecule has 0 aliphatic rings. The molecule has 0 aliphatic heterocycles. The molecule has 0 N–H and O–H groups in total. The highest BCUT2D eigenvalue weighted by Gasteiger charge is 2.92. The van der Waals surface area contributed by atoms with Crippen LogP contribution >= 0.6 is 0 Å². The van der Waals surface area contributed by atoms with Gasteiger partial charge in [0.25, 0.3) is 0 Å². The number of unbranched alkanes of at least 4 members (excludes halogenated alkanes) is 5. The summed E-state index contributed by atoms with van der Waals surface area (Å²) in [6, 6.07) is 0. The topological polar surface area (TPSA) is 0 Å². The van der Waals surface area contributed by atoms with Crippen LogP contribution in [0.15, 0.2) is 0 Å². The molecule has 0 aliphatic carbocycles. The maximum absolute atomic E-state index is 14.1. The second-order valence-corrected chi connectivity index (χ2v) is 15.1. The summed E-state index contributed by atoms with van der Waals surface area (Å²) in [7, 11) is 5.31. The number of rotatable bonds is 25. The first kappa shape index (κ1) is 56.1. The Labute approximate surface area is 314 Å². The van der Waals surface area contributed by atoms with Crippen LogP contribution in [0, 0.1) is 0 Å². The highest BCUT2D eigenvalue weighted by Crippen LogP contribution is 2.62. The Hall–Kier alpha value is -1.90. The summed E-state index contributed by atoms with van der Waals surface area (Å²) < 4.78 is 345. The lowest BCUT2D eigenvalue weighted by atomic mass is 9.92. The summed E-state index contributed by atoms with van der Waals surface area (Å²) >= 11 is 0. The number of alkyl halides is 26. The van der Waals surface area contributed by atoms with Crippen molar-refractivity contribution in [3.05, 3.63) is 0 Å². The third-order valence-corrected chi connectivity index (χ3v) is 9.28. The highest BCUT2D eigenvalue weighted by molar-refractivity contribution is 5.11. The molecule has 0 rings (SSSR count). The van der Waals surface area contributed by atoms with E-state index in [9.17, 15) is 114 Å². The number of quaternary nitrogens is 2. The Balaban J connectivity index is 4.94. The maximum Gasteiger partial charge on any atom is 0.460 e. The van der Waals surface area contributed by atoms with Crippen LogP contribution in [0.2, 0.25) is 0 Å². The summed E-state index contributed by atoms with van der Waals surface area (Å²) in [6.45, 7) is -0.858. The summed E-state index contributed by atoms with van der Waals surface area (Å²) in [5.74, 6) is -74.5. The first-order valence-corrected chi connectivity index (χ1v) is 16.7. The fourth-order valence-corrected chi connectivity index (χ4v) is 5.39. The molecule has 0 amide bonds. The average molecular weight is 923 g/mol. The van der Waals surface area contributed by atoms with Crippen LogP contribution in [0.3, 0.4) is 0 Å². The molecule has 28 heteroatoms. The van der Waals surface area contributed by atoms with Gasteiger partial charge in [-0.15, -0.1) is 0 Å². The molecule has 0 aromatic rings. The van der Waals surface area contributed by atoms with Gasteiger partial charge >= 0.3 is 71.6 Å². The molecule has 0 heterocycles. The van der Waals surface area contributed by atoms with Crippen molar-refractivity contribution in [3.8, 4) is 0 Å². The minimum Gasteiger partial charge on any atom is -0.328 e. The standard InChI is InChI=1S/C30H40F26N2/c1-57(2,17-11-13-19(31,32)21(35,36)23(39,40)25(43,44)27(47,48)29(51,52)53)15-9-7-5-6-8-10-16-58(3,4)18-12-14-20(33,34)22(37,38)24(41,42)26(45,46)28(49,50)30(54,55)56/h5-18H2,1-4H3/q+2. The van der Waals surface area contributed by atoms with E-state index in [4.69, 9.17) is 0 Å². The Kier molecular flexibility index (Phi) is 16.9. The summed E-state index contributed by atoms with van der Waals surface area (Å²) in [5.41, 5.74) is 0. The number of hydrogen-bond acceptors (Lipinski definition) is 0. The molecular formula is C30H40F26N2+2. The molecule has 0 atom stereocenters. The van der Waals surface area contributed by atoms with Crippen LogP contribution < -0.4 is 0 Å². The molecule has 2 nitrogen and oxygen atoms in total. The molecule has 0 aromatic carbocycles. The van der Waals surface area contributed by atoms with Crippen molar-refractivity contribution < 1.29 is 123 Å². The van der Waals surface area contributed by atoms with Gasteiger partial charge < -0.3 is 8.97 Å². The SMILES string of the molecule is C[N+](C)(CCCCCCCC[N+](C)(C)CCCC(F)(F)C(F)(F)C(F)(F)C(F)(F)C(F)(F)C(F)(F)F)CCCC(F)(F)C(F)(F)C(F)(F)C(F)(F)C(F)(F)C(F)(F)F. The molecule has 0 radical (unpaired) electrons. The lowest BCUT2D eigenvalue weighted by Crippen LogP contribution is -2.70. The average Bonchev–Trinajstić information content (AvgIpc) is 2.99. The third kappa shape index (κ3) is 11.1. The number of hydrogen-bond donors (Lipinski definition) is 0. The van der Waals surface area contributed by atoms with Gasteiger partial charge in [-0.05, 0) is 25.7 Å². The van der Waals surface area contributed by atoms with E-state index in [1.54, 1.807) is 0 Å². The first-order valence-electron chi connectivity index (χ1n) is 16.7. The van der Waals surface area contributed by atoms with E-state index in [1.165, 1.54) is 28.2 Å². The van der Waals surface area contributed by atoms with Gasteiger partial charge in [-0.1, -0.05) is 12.8 Å². The van der Waals surface area contributed by atoms with Crippen molar-refractivity contribution in [2.75, 3.05) is 54.4 Å². The molecule has 0 unspecified atom stereocenters. The smallest absolute Gasteiger partial charge is 0.328 e. The molecule has 0 bridgehead atoms. The second-order valence-electron chi connectivity index (χ2n) is 15.1. The van der Waals surface area contributed by atoms with E-state index in [-0.39, 0.29) is 34.9 Å². The monoisotopic (exact) mass is 922 g/mol. The van der Waals surface area contributed by atoms with E-state index in [2.05, 4.69) is 0 Å². The molecule has 0 spiro atoms. The normalized spacial score (nSPS) is 16.0. The summed E-state index contributed by atoms with van der Waals surface area (Å²) in [5, 5.41) is 0. The predicted octanol–water partition coefficient (Wildman–Crippen LogP) is 12.5. The van der Waals surface area contributed by atoms with Gasteiger partial charge in [-0.2, -0.15) is 114 Å². The van der Waals surface area contributed by atoms with E-state index in [1.807, 2.05) is 0 Å². The lowest BCUT2D eigenvalue weighted by molar-refractivity contribution is -0.891. The number of halogens is 26. The fraction of sp³-hybridized carbons (Fsp3) is 1.00. The van der Waals surface area contributed by atoms with Gasteiger partial charge in [0.05, 0.1) is 54.4 Å². The van der Waals surface area contributed by atoms with Crippen LogP contribution in [-0.4, -0.2) is 135 Å². The molecule has 0 fully saturated rings. The quantitative estimate of drug-likeness (QED) is 0.0486. The Morgan fingerprint density at radius 3 is 0.655 bits per heavy atom. The largest absolute Gasteiger partial charge is 0.460 e. The van der Waals surface area contributed by atoms with Crippen molar-refractivity contribution in [2.24, 2.45) is 0 Å². The van der Waals surface area contributed by atoms with Gasteiger partial charge in [-0.3, -0.25) is 0 Å². The van der Waals surface area contributed by atoms with Crippen LogP contribution in [0.25, 0.3) is 0 Å². The zero-order chi connectivity index (χ0) is 46.9. The lowest BCUT2D eigenvalue weighted by Gasteiger charge is -2.40. The Morgan fingerprint density at radius 2 is 0.431 bits per heavy atom. The Morgan fingerprint density at radius 1 is 0.241 bits per heavy atom. The first-order chi connectivity index (χ1) is 25.1. The van der Waals surface area contributed by atoms with Crippen LogP contribution in [0.4, 0.5) is 114 Å². The van der Waals surface area contributed by atoms with Crippen molar-refractivity contribution >= 4 is 0 Å². The van der Waals surface area contributed by atoms with E-state index >= 15 is 0 Å². The van der Waals surface area contributed by atoms with Gasteiger partial charge in [0.15, 0.2) is 0 Å². The predicted molar refractivity (Wildman–Crippen MR) is 151 cm³/mol. The van der Waals surface area contributed by atoms with Crippen molar-refractivity contribution in [2.45, 2.75) is 136 Å². The highest BCUT2D eigenvalue weighted by atomic mass is 19.4. The third-order valence-electron chi connectivity index (χ3n) is 9.28. The van der Waals surface area contributed by atoms with Crippen LogP contribution in [0.1, 0.15) is 64.2 Å². The summed E-state index contributed by atoms with van der Waals surface area (Å²) in [6.07, 6.45) is -19.7. The van der Waals surface area contributed by atoms with E-state index < -0.39 is 110 Å². The molecule has 350 valence electrons. The van der Waals surface area contributed by atoms with Gasteiger partial charge in [-0.25, -0.2) is 0 Å². The fourth-order valence-electron chi connectivity index (χ4n) is 5.39. The van der Waals surface area contributed by atoms with Crippen molar-refractivity contribution in [1.29, 1.82) is 0 Å². The molecule has 58 heavy (non-hydrogen) atoms. The van der Waals surface area contributed by atoms with E-state index in [0.717, 1.165) is 0 Å². The van der Waals surface area contributed by atoms with Crippen molar-refractivity contribution in [1.82, 2.24) is 0 Å². The molecular weight excluding hydrogens is 882 g/mol. The van der Waals surface area contributed by atoms with E-state index in [0.29, 0.717) is 25.7 Å². The van der Waals surface area contributed by atoms with Gasteiger partial charge in [0, 0.05) is 25.7 Å². The maximum atomic E-state index is 14.1. The molecule has 0 saturated heterocycles. The zero-order valence-electron chi connectivity index (χ0n) is 30.6. The van der Waals surface area contributed by atoms with Gasteiger partial charge in [0.2, 0.25) is 0 Å². The minimum atomic E-state index is -7.99. The van der Waals surface area contributed by atoms with Gasteiger partial charge in [0.1, 0.15) is 0 Å². The minimum absolute atomic E-state index is 0.0932. The zero-order valence-corrected chi connectivity index (χ0v) is 30.6. The number of nitrogens with zero attached hydrogens (tertiary/aromatic N) is 2. The Bertz CT molecular complexity index is 1200. The van der Waals surface area contributed by atoms with Crippen LogP contribution in [-0.2, 0) is 0 Å². The molecule has 0 saturated carbocycles. The second kappa shape index (κ2) is 17.5. The van der Waals surface area contributed by atoms with Crippen LogP contribution in [0.5, 0.6) is 0 Å². The molecule has 0 aromatic heterocycles.